The van der Waals surface area contributed by atoms with E-state index in [4.69, 9.17) is 9.47 Å². The zero-order chi connectivity index (χ0) is 23.7. The first kappa shape index (κ1) is 23.1. The number of benzene rings is 2. The van der Waals surface area contributed by atoms with E-state index in [1.165, 1.54) is 9.87 Å². The highest BCUT2D eigenvalue weighted by molar-refractivity contribution is 7.89. The molecule has 2 aromatic rings. The van der Waals surface area contributed by atoms with E-state index in [0.29, 0.717) is 43.9 Å². The molecule has 182 valence electrons. The monoisotopic (exact) mass is 485 g/mol. The number of carbonyl (C=O) groups excluding carboxylic acids is 1. The molecule has 0 aromatic heterocycles. The Kier molecular flexibility index (Phi) is 6.50. The van der Waals surface area contributed by atoms with E-state index in [-0.39, 0.29) is 18.6 Å². The van der Waals surface area contributed by atoms with Crippen LogP contribution in [0.5, 0.6) is 11.5 Å². The highest BCUT2D eigenvalue weighted by atomic mass is 32.2. The Morgan fingerprint density at radius 3 is 2.29 bits per heavy atom. The van der Waals surface area contributed by atoms with Gasteiger partial charge in [-0.25, -0.2) is 8.42 Å². The van der Waals surface area contributed by atoms with Gasteiger partial charge in [0.25, 0.3) is 0 Å². The Hall–Kier alpha value is -2.62. The molecule has 0 bridgehead atoms. The number of ether oxygens (including phenoxy) is 2. The minimum atomic E-state index is -3.51. The standard InChI is InChI=1S/C25H31N3O5S/c1-19-2-5-22(6-3-19)34(30,31)28-10-8-21(9-11-28)25(29)27-14-12-26(13-15-27)17-20-4-7-23-24(16-20)33-18-32-23/h2-7,16,21H,8-15,17-18H2,1H3. The van der Waals surface area contributed by atoms with Crippen molar-refractivity contribution in [3.05, 3.63) is 53.6 Å². The lowest BCUT2D eigenvalue weighted by atomic mass is 9.96. The lowest BCUT2D eigenvalue weighted by Gasteiger charge is -2.38. The summed E-state index contributed by atoms with van der Waals surface area (Å²) in [4.78, 5) is 17.7. The van der Waals surface area contributed by atoms with Crippen LogP contribution >= 0.6 is 0 Å². The largest absolute Gasteiger partial charge is 0.454 e. The van der Waals surface area contributed by atoms with E-state index < -0.39 is 10.0 Å². The Bertz CT molecular complexity index is 1140. The second kappa shape index (κ2) is 9.56. The molecule has 2 fully saturated rings. The fraction of sp³-hybridized carbons (Fsp3) is 0.480. The van der Waals surface area contributed by atoms with Gasteiger partial charge in [-0.2, -0.15) is 4.31 Å². The molecule has 0 radical (unpaired) electrons. The van der Waals surface area contributed by atoms with Crippen LogP contribution < -0.4 is 9.47 Å². The van der Waals surface area contributed by atoms with E-state index >= 15 is 0 Å². The van der Waals surface area contributed by atoms with Crippen molar-refractivity contribution in [3.8, 4) is 11.5 Å². The van der Waals surface area contributed by atoms with Crippen LogP contribution in [0.1, 0.15) is 24.0 Å². The van der Waals surface area contributed by atoms with Gasteiger partial charge < -0.3 is 14.4 Å². The van der Waals surface area contributed by atoms with Crippen LogP contribution in [0.15, 0.2) is 47.4 Å². The van der Waals surface area contributed by atoms with Crippen LogP contribution in [0.4, 0.5) is 0 Å². The average molecular weight is 486 g/mol. The van der Waals surface area contributed by atoms with Crippen LogP contribution in [0.3, 0.4) is 0 Å². The number of piperidine rings is 1. The van der Waals surface area contributed by atoms with Crippen molar-refractivity contribution in [1.29, 1.82) is 0 Å². The van der Waals surface area contributed by atoms with Gasteiger partial charge in [0.1, 0.15) is 0 Å². The molecule has 8 nitrogen and oxygen atoms in total. The van der Waals surface area contributed by atoms with E-state index in [0.717, 1.165) is 36.7 Å². The van der Waals surface area contributed by atoms with Gasteiger partial charge >= 0.3 is 0 Å². The van der Waals surface area contributed by atoms with Crippen LogP contribution in [0, 0.1) is 12.8 Å². The third-order valence-corrected chi connectivity index (χ3v) is 8.90. The summed E-state index contributed by atoms with van der Waals surface area (Å²) in [6.07, 6.45) is 1.14. The lowest BCUT2D eigenvalue weighted by molar-refractivity contribution is -0.138. The summed E-state index contributed by atoms with van der Waals surface area (Å²) in [5, 5.41) is 0. The van der Waals surface area contributed by atoms with Crippen molar-refractivity contribution < 1.29 is 22.7 Å². The summed E-state index contributed by atoms with van der Waals surface area (Å²) in [5.41, 5.74) is 2.20. The summed E-state index contributed by atoms with van der Waals surface area (Å²) in [7, 11) is -3.51. The van der Waals surface area contributed by atoms with Crippen molar-refractivity contribution in [3.63, 3.8) is 0 Å². The second-order valence-electron chi connectivity index (χ2n) is 9.28. The van der Waals surface area contributed by atoms with Gasteiger partial charge in [-0.1, -0.05) is 23.8 Å². The SMILES string of the molecule is Cc1ccc(S(=O)(=O)N2CCC(C(=O)N3CCN(Cc4ccc5c(c4)OCO5)CC3)CC2)cc1. The molecular formula is C25H31N3O5S. The number of fused-ring (bicyclic) bond motifs is 1. The van der Waals surface area contributed by atoms with Crippen LogP contribution in [0.25, 0.3) is 0 Å². The first-order valence-electron chi connectivity index (χ1n) is 11.9. The minimum Gasteiger partial charge on any atom is -0.454 e. The molecule has 0 unspecified atom stereocenters. The van der Waals surface area contributed by atoms with Gasteiger partial charge in [0.05, 0.1) is 4.90 Å². The molecule has 9 heteroatoms. The predicted molar refractivity (Wildman–Crippen MR) is 127 cm³/mol. The second-order valence-corrected chi connectivity index (χ2v) is 11.2. The highest BCUT2D eigenvalue weighted by Crippen LogP contribution is 2.33. The molecule has 34 heavy (non-hydrogen) atoms. The molecule has 0 N–H and O–H groups in total. The van der Waals surface area contributed by atoms with Gasteiger partial charge in [0.2, 0.25) is 22.7 Å². The normalized spacial score (nSPS) is 20.0. The zero-order valence-corrected chi connectivity index (χ0v) is 20.3. The predicted octanol–water partition coefficient (Wildman–Crippen LogP) is 2.47. The van der Waals surface area contributed by atoms with Crippen molar-refractivity contribution in [2.45, 2.75) is 31.2 Å². The number of aryl methyl sites for hydroxylation is 1. The molecule has 0 aliphatic carbocycles. The first-order valence-corrected chi connectivity index (χ1v) is 13.3. The topological polar surface area (TPSA) is 79.4 Å². The summed E-state index contributed by atoms with van der Waals surface area (Å²) >= 11 is 0. The molecule has 2 aromatic carbocycles. The molecule has 3 heterocycles. The maximum absolute atomic E-state index is 13.1. The Morgan fingerprint density at radius 2 is 1.59 bits per heavy atom. The van der Waals surface area contributed by atoms with Crippen molar-refractivity contribution in [2.75, 3.05) is 46.1 Å². The molecule has 1 amide bonds. The summed E-state index contributed by atoms with van der Waals surface area (Å²) in [6.45, 7) is 6.83. The van der Waals surface area contributed by atoms with E-state index in [1.807, 2.05) is 36.1 Å². The van der Waals surface area contributed by atoms with E-state index in [9.17, 15) is 13.2 Å². The molecule has 3 aliphatic rings. The Labute approximate surface area is 201 Å². The zero-order valence-electron chi connectivity index (χ0n) is 19.5. The molecule has 0 spiro atoms. The summed E-state index contributed by atoms with van der Waals surface area (Å²) in [6, 6.07) is 13.0. The number of amides is 1. The van der Waals surface area contributed by atoms with Gasteiger partial charge in [-0.05, 0) is 49.6 Å². The van der Waals surface area contributed by atoms with Gasteiger partial charge in [0.15, 0.2) is 11.5 Å². The van der Waals surface area contributed by atoms with E-state index in [1.54, 1.807) is 12.1 Å². The van der Waals surface area contributed by atoms with Gasteiger partial charge in [0, 0.05) is 51.7 Å². The van der Waals surface area contributed by atoms with Gasteiger partial charge in [-0.15, -0.1) is 0 Å². The number of hydrogen-bond acceptors (Lipinski definition) is 6. The number of hydrogen-bond donors (Lipinski definition) is 0. The van der Waals surface area contributed by atoms with Crippen LogP contribution in [-0.2, 0) is 21.4 Å². The Balaban J connectivity index is 1.11. The van der Waals surface area contributed by atoms with Crippen LogP contribution in [-0.4, -0.2) is 74.5 Å². The van der Waals surface area contributed by atoms with Crippen molar-refractivity contribution in [1.82, 2.24) is 14.1 Å². The summed E-state index contributed by atoms with van der Waals surface area (Å²) < 4.78 is 38.2. The number of nitrogens with zero attached hydrogens (tertiary/aromatic N) is 3. The first-order chi connectivity index (χ1) is 16.4. The van der Waals surface area contributed by atoms with Gasteiger partial charge in [-0.3, -0.25) is 9.69 Å². The summed E-state index contributed by atoms with van der Waals surface area (Å²) in [5.74, 6) is 1.64. The molecule has 2 saturated heterocycles. The quantitative estimate of drug-likeness (QED) is 0.648. The number of sulfonamides is 1. The fourth-order valence-corrected chi connectivity index (χ4v) is 6.35. The molecule has 5 rings (SSSR count). The molecule has 3 aliphatic heterocycles. The maximum Gasteiger partial charge on any atom is 0.243 e. The van der Waals surface area contributed by atoms with Crippen LogP contribution in [0.2, 0.25) is 0 Å². The smallest absolute Gasteiger partial charge is 0.243 e. The number of carbonyl (C=O) groups is 1. The molecule has 0 saturated carbocycles. The third-order valence-electron chi connectivity index (χ3n) is 6.99. The minimum absolute atomic E-state index is 0.107. The lowest BCUT2D eigenvalue weighted by Crippen LogP contribution is -2.51. The van der Waals surface area contributed by atoms with E-state index in [2.05, 4.69) is 11.0 Å². The average Bonchev–Trinajstić information content (AvgIpc) is 3.32. The fourth-order valence-electron chi connectivity index (χ4n) is 4.88. The van der Waals surface area contributed by atoms with Crippen molar-refractivity contribution >= 4 is 15.9 Å². The number of piperazine rings is 1. The number of rotatable bonds is 5. The third kappa shape index (κ3) is 4.78. The Morgan fingerprint density at radius 1 is 0.912 bits per heavy atom. The van der Waals surface area contributed by atoms with Crippen molar-refractivity contribution in [2.24, 2.45) is 5.92 Å². The molecular weight excluding hydrogens is 454 g/mol. The maximum atomic E-state index is 13.1. The molecule has 0 atom stereocenters. The highest BCUT2D eigenvalue weighted by Gasteiger charge is 2.34.